The number of nitro benzene ring substituents is 1. The van der Waals surface area contributed by atoms with Crippen LogP contribution in [-0.4, -0.2) is 21.2 Å². The second-order valence-corrected chi connectivity index (χ2v) is 4.63. The van der Waals surface area contributed by atoms with Gasteiger partial charge in [0, 0.05) is 19.7 Å². The molecule has 1 aromatic carbocycles. The zero-order valence-corrected chi connectivity index (χ0v) is 12.3. The number of nitro groups is 1. The number of aromatic nitrogens is 2. The average Bonchev–Trinajstić information content (AvgIpc) is 2.71. The molecule has 1 aromatic heterocycles. The topological polar surface area (TPSA) is 82.2 Å². The lowest BCUT2D eigenvalue weighted by Gasteiger charge is -2.09. The van der Waals surface area contributed by atoms with E-state index in [0.717, 1.165) is 17.8 Å². The second kappa shape index (κ2) is 6.36. The Kier molecular flexibility index (Phi) is 4.54. The van der Waals surface area contributed by atoms with Crippen molar-refractivity contribution in [1.29, 1.82) is 0 Å². The molecule has 2 aromatic rings. The van der Waals surface area contributed by atoms with Crippen molar-refractivity contribution in [3.8, 4) is 11.6 Å². The van der Waals surface area contributed by atoms with Crippen molar-refractivity contribution in [2.45, 2.75) is 20.4 Å². The first-order chi connectivity index (χ1) is 10.0. The Bertz CT molecular complexity index is 652. The highest BCUT2D eigenvalue weighted by Gasteiger charge is 2.16. The van der Waals surface area contributed by atoms with E-state index >= 15 is 0 Å². The zero-order valence-electron chi connectivity index (χ0n) is 12.3. The fraction of sp³-hybridized carbons (Fsp3) is 0.357. The summed E-state index contributed by atoms with van der Waals surface area (Å²) in [6.45, 7) is 5.41. The van der Waals surface area contributed by atoms with Crippen LogP contribution < -0.4 is 10.1 Å². The van der Waals surface area contributed by atoms with E-state index in [1.165, 1.54) is 12.1 Å². The lowest BCUT2D eigenvalue weighted by molar-refractivity contribution is -0.384. The van der Waals surface area contributed by atoms with Gasteiger partial charge in [-0.3, -0.25) is 10.1 Å². The van der Waals surface area contributed by atoms with Gasteiger partial charge in [0.15, 0.2) is 0 Å². The van der Waals surface area contributed by atoms with E-state index < -0.39 is 4.92 Å². The van der Waals surface area contributed by atoms with Gasteiger partial charge in [0.1, 0.15) is 5.75 Å². The molecule has 0 saturated carbocycles. The number of nitrogens with one attached hydrogen (secondary N) is 1. The summed E-state index contributed by atoms with van der Waals surface area (Å²) in [4.78, 5) is 10.4. The standard InChI is InChI=1S/C14H18N4O3/c1-4-15-9-13-10(2)16-17(3)14(13)21-12-7-5-6-11(8-12)18(19)20/h5-8,15H,4,9H2,1-3H3. The lowest BCUT2D eigenvalue weighted by atomic mass is 10.2. The molecule has 0 bridgehead atoms. The van der Waals surface area contributed by atoms with E-state index in [2.05, 4.69) is 10.4 Å². The first-order valence-electron chi connectivity index (χ1n) is 6.68. The van der Waals surface area contributed by atoms with Gasteiger partial charge in [-0.1, -0.05) is 13.0 Å². The molecule has 0 aliphatic carbocycles. The smallest absolute Gasteiger partial charge is 0.273 e. The Balaban J connectivity index is 2.30. The first kappa shape index (κ1) is 15.0. The predicted molar refractivity (Wildman–Crippen MR) is 78.5 cm³/mol. The van der Waals surface area contributed by atoms with Crippen LogP contribution in [0.4, 0.5) is 5.69 Å². The third-order valence-electron chi connectivity index (χ3n) is 3.08. The van der Waals surface area contributed by atoms with Crippen LogP contribution >= 0.6 is 0 Å². The van der Waals surface area contributed by atoms with Crippen LogP contribution in [0.5, 0.6) is 11.6 Å². The monoisotopic (exact) mass is 290 g/mol. The van der Waals surface area contributed by atoms with E-state index in [4.69, 9.17) is 4.74 Å². The molecule has 7 heteroatoms. The summed E-state index contributed by atoms with van der Waals surface area (Å²) in [5, 5.41) is 18.4. The Labute approximate surface area is 122 Å². The van der Waals surface area contributed by atoms with Crippen LogP contribution in [0.3, 0.4) is 0 Å². The molecule has 0 spiro atoms. The van der Waals surface area contributed by atoms with Gasteiger partial charge >= 0.3 is 0 Å². The third-order valence-corrected chi connectivity index (χ3v) is 3.08. The molecule has 0 amide bonds. The largest absolute Gasteiger partial charge is 0.439 e. The molecule has 0 unspecified atom stereocenters. The van der Waals surface area contributed by atoms with Crippen molar-refractivity contribution in [3.05, 3.63) is 45.6 Å². The average molecular weight is 290 g/mol. The second-order valence-electron chi connectivity index (χ2n) is 4.63. The van der Waals surface area contributed by atoms with Gasteiger partial charge in [-0.2, -0.15) is 5.10 Å². The van der Waals surface area contributed by atoms with Crippen molar-refractivity contribution in [2.24, 2.45) is 7.05 Å². The minimum atomic E-state index is -0.444. The Morgan fingerprint density at radius 2 is 2.24 bits per heavy atom. The fourth-order valence-corrected chi connectivity index (χ4v) is 2.03. The van der Waals surface area contributed by atoms with Crippen LogP contribution in [0.1, 0.15) is 18.2 Å². The number of rotatable bonds is 6. The molecule has 0 fully saturated rings. The molecule has 2 rings (SSSR count). The van der Waals surface area contributed by atoms with Gasteiger partial charge in [-0.05, 0) is 19.5 Å². The predicted octanol–water partition coefficient (Wildman–Crippen LogP) is 2.54. The maximum Gasteiger partial charge on any atom is 0.273 e. The minimum absolute atomic E-state index is 0.000349. The van der Waals surface area contributed by atoms with E-state index in [9.17, 15) is 10.1 Å². The number of ether oxygens (including phenoxy) is 1. The number of nitrogens with zero attached hydrogens (tertiary/aromatic N) is 3. The van der Waals surface area contributed by atoms with Crippen LogP contribution in [0.2, 0.25) is 0 Å². The van der Waals surface area contributed by atoms with E-state index in [0.29, 0.717) is 18.2 Å². The van der Waals surface area contributed by atoms with Gasteiger partial charge in [-0.25, -0.2) is 4.68 Å². The molecule has 1 heterocycles. The molecular weight excluding hydrogens is 272 g/mol. The van der Waals surface area contributed by atoms with Crippen LogP contribution in [-0.2, 0) is 13.6 Å². The summed E-state index contributed by atoms with van der Waals surface area (Å²) in [6, 6.07) is 6.12. The van der Waals surface area contributed by atoms with E-state index in [1.54, 1.807) is 23.9 Å². The lowest BCUT2D eigenvalue weighted by Crippen LogP contribution is -2.12. The quantitative estimate of drug-likeness (QED) is 0.653. The van der Waals surface area contributed by atoms with E-state index in [1.807, 2.05) is 13.8 Å². The molecule has 112 valence electrons. The summed E-state index contributed by atoms with van der Waals surface area (Å²) in [5.74, 6) is 1.01. The van der Waals surface area contributed by atoms with Gasteiger partial charge in [0.2, 0.25) is 5.88 Å². The molecule has 0 atom stereocenters. The summed E-state index contributed by atoms with van der Waals surface area (Å²) < 4.78 is 7.44. The molecule has 0 aliphatic rings. The molecule has 1 N–H and O–H groups in total. The highest BCUT2D eigenvalue weighted by molar-refractivity contribution is 5.41. The van der Waals surface area contributed by atoms with Gasteiger partial charge in [-0.15, -0.1) is 0 Å². The number of benzene rings is 1. The van der Waals surface area contributed by atoms with Crippen LogP contribution in [0, 0.1) is 17.0 Å². The molecule has 0 saturated heterocycles. The van der Waals surface area contributed by atoms with Crippen molar-refractivity contribution in [1.82, 2.24) is 15.1 Å². The number of non-ortho nitro benzene ring substituents is 1. The van der Waals surface area contributed by atoms with Crippen LogP contribution in [0.15, 0.2) is 24.3 Å². The fourth-order valence-electron chi connectivity index (χ4n) is 2.03. The molecule has 0 aliphatic heterocycles. The SMILES string of the molecule is CCNCc1c(C)nn(C)c1Oc1cccc([N+](=O)[O-])c1. The van der Waals surface area contributed by atoms with Crippen molar-refractivity contribution >= 4 is 5.69 Å². The van der Waals surface area contributed by atoms with Crippen molar-refractivity contribution < 1.29 is 9.66 Å². The van der Waals surface area contributed by atoms with E-state index in [-0.39, 0.29) is 5.69 Å². The summed E-state index contributed by atoms with van der Waals surface area (Å²) >= 11 is 0. The molecular formula is C14H18N4O3. The molecule has 7 nitrogen and oxygen atoms in total. The highest BCUT2D eigenvalue weighted by atomic mass is 16.6. The number of hydrogen-bond acceptors (Lipinski definition) is 5. The third kappa shape index (κ3) is 3.38. The van der Waals surface area contributed by atoms with Gasteiger partial charge in [0.25, 0.3) is 5.69 Å². The summed E-state index contributed by atoms with van der Waals surface area (Å²) in [6.07, 6.45) is 0. The normalized spacial score (nSPS) is 10.6. The number of hydrogen-bond donors (Lipinski definition) is 1. The maximum absolute atomic E-state index is 10.8. The molecule has 0 radical (unpaired) electrons. The van der Waals surface area contributed by atoms with Crippen molar-refractivity contribution in [3.63, 3.8) is 0 Å². The molecule has 21 heavy (non-hydrogen) atoms. The Morgan fingerprint density at radius 3 is 2.90 bits per heavy atom. The highest BCUT2D eigenvalue weighted by Crippen LogP contribution is 2.29. The maximum atomic E-state index is 10.8. The first-order valence-corrected chi connectivity index (χ1v) is 6.68. The number of aryl methyl sites for hydroxylation is 2. The Morgan fingerprint density at radius 1 is 1.48 bits per heavy atom. The Hall–Kier alpha value is -2.41. The van der Waals surface area contributed by atoms with Crippen molar-refractivity contribution in [2.75, 3.05) is 6.54 Å². The summed E-state index contributed by atoms with van der Waals surface area (Å²) in [7, 11) is 1.79. The summed E-state index contributed by atoms with van der Waals surface area (Å²) in [5.41, 5.74) is 1.82. The van der Waals surface area contributed by atoms with Crippen LogP contribution in [0.25, 0.3) is 0 Å². The minimum Gasteiger partial charge on any atom is -0.439 e. The van der Waals surface area contributed by atoms with Gasteiger partial charge < -0.3 is 10.1 Å². The van der Waals surface area contributed by atoms with Gasteiger partial charge in [0.05, 0.1) is 22.2 Å². The zero-order chi connectivity index (χ0) is 15.4.